The molecule has 2 heterocycles. The zero-order chi connectivity index (χ0) is 13.2. The number of benzene rings is 1. The molecule has 0 amide bonds. The van der Waals surface area contributed by atoms with Crippen molar-refractivity contribution in [3.8, 4) is 0 Å². The molecule has 0 aliphatic rings. The molecule has 0 spiro atoms. The molecule has 8 heteroatoms. The molecule has 0 fully saturated rings. The van der Waals surface area contributed by atoms with Gasteiger partial charge in [0.15, 0.2) is 5.13 Å². The largest absolute Gasteiger partial charge is 0.368 e. The second-order valence-electron chi connectivity index (χ2n) is 3.70. The fourth-order valence-corrected chi connectivity index (χ4v) is 2.44. The third-order valence-electron chi connectivity index (χ3n) is 2.39. The van der Waals surface area contributed by atoms with Crippen LogP contribution in [0.5, 0.6) is 0 Å². The molecular weight excluding hydrogens is 262 g/mol. The first-order chi connectivity index (χ1) is 9.24. The first-order valence-corrected chi connectivity index (χ1v) is 6.38. The summed E-state index contributed by atoms with van der Waals surface area (Å²) in [5.74, 6) is 0.940. The Morgan fingerprint density at radius 2 is 1.84 bits per heavy atom. The summed E-state index contributed by atoms with van der Waals surface area (Å²) in [7, 11) is 1.72. The van der Waals surface area contributed by atoms with Crippen LogP contribution in [0.1, 0.15) is 0 Å². The minimum atomic E-state index is 0.156. The van der Waals surface area contributed by atoms with E-state index in [1.807, 2.05) is 24.3 Å². The molecule has 3 rings (SSSR count). The van der Waals surface area contributed by atoms with Crippen LogP contribution in [-0.2, 0) is 0 Å². The van der Waals surface area contributed by atoms with Crippen molar-refractivity contribution in [2.24, 2.45) is 0 Å². The number of nitrogen functional groups attached to an aromatic ring is 1. The fourth-order valence-electron chi connectivity index (χ4n) is 1.58. The van der Waals surface area contributed by atoms with Gasteiger partial charge in [-0.05, 0) is 12.1 Å². The number of fused-ring (bicyclic) bond motifs is 1. The number of aromatic nitrogens is 4. The second kappa shape index (κ2) is 4.65. The summed E-state index contributed by atoms with van der Waals surface area (Å²) in [5.41, 5.74) is 6.54. The Balaban J connectivity index is 1.94. The van der Waals surface area contributed by atoms with Crippen molar-refractivity contribution in [2.45, 2.75) is 0 Å². The summed E-state index contributed by atoms with van der Waals surface area (Å²) in [6, 6.07) is 7.90. The van der Waals surface area contributed by atoms with E-state index < -0.39 is 0 Å². The number of hydrogen-bond acceptors (Lipinski definition) is 8. The highest BCUT2D eigenvalue weighted by Gasteiger charge is 2.07. The molecule has 0 saturated heterocycles. The standard InChI is InChI=1S/C11H11N7S/c1-13-9-15-8(12)16-10(17-9)18-11-14-6-4-2-3-5-7(6)19-11/h2-5H,1H3,(H4,12,13,14,15,16,17,18). The number of nitrogens with one attached hydrogen (secondary N) is 2. The van der Waals surface area contributed by atoms with E-state index in [2.05, 4.69) is 30.6 Å². The fraction of sp³-hybridized carbons (Fsp3) is 0.0909. The van der Waals surface area contributed by atoms with Crippen LogP contribution < -0.4 is 16.4 Å². The van der Waals surface area contributed by atoms with Crippen LogP contribution in [-0.4, -0.2) is 27.0 Å². The van der Waals surface area contributed by atoms with E-state index in [1.54, 1.807) is 7.05 Å². The molecule has 1 aromatic carbocycles. The van der Waals surface area contributed by atoms with Gasteiger partial charge in [-0.3, -0.25) is 5.32 Å². The van der Waals surface area contributed by atoms with Crippen LogP contribution in [0.2, 0.25) is 0 Å². The molecule has 19 heavy (non-hydrogen) atoms. The molecular formula is C11H11N7S. The van der Waals surface area contributed by atoms with Gasteiger partial charge in [-0.2, -0.15) is 15.0 Å². The average molecular weight is 273 g/mol. The Bertz CT molecular complexity index is 691. The Morgan fingerprint density at radius 1 is 1.05 bits per heavy atom. The quantitative estimate of drug-likeness (QED) is 0.669. The Morgan fingerprint density at radius 3 is 2.63 bits per heavy atom. The lowest BCUT2D eigenvalue weighted by Gasteiger charge is -2.03. The molecule has 4 N–H and O–H groups in total. The smallest absolute Gasteiger partial charge is 0.235 e. The molecule has 2 aromatic heterocycles. The van der Waals surface area contributed by atoms with Gasteiger partial charge in [-0.15, -0.1) is 0 Å². The first-order valence-electron chi connectivity index (χ1n) is 5.56. The van der Waals surface area contributed by atoms with Crippen molar-refractivity contribution in [2.75, 3.05) is 23.4 Å². The van der Waals surface area contributed by atoms with E-state index in [9.17, 15) is 0 Å². The monoisotopic (exact) mass is 273 g/mol. The summed E-state index contributed by atoms with van der Waals surface area (Å²) in [6.07, 6.45) is 0. The van der Waals surface area contributed by atoms with Gasteiger partial charge in [0.25, 0.3) is 0 Å². The van der Waals surface area contributed by atoms with Crippen molar-refractivity contribution >= 4 is 44.5 Å². The lowest BCUT2D eigenvalue weighted by Crippen LogP contribution is -2.06. The summed E-state index contributed by atoms with van der Waals surface area (Å²) in [5, 5.41) is 6.57. The number of anilines is 4. The van der Waals surface area contributed by atoms with Crippen molar-refractivity contribution in [3.63, 3.8) is 0 Å². The van der Waals surface area contributed by atoms with Crippen molar-refractivity contribution in [1.82, 2.24) is 19.9 Å². The SMILES string of the molecule is CNc1nc(N)nc(Nc2nc3ccccc3s2)n1. The summed E-state index contributed by atoms with van der Waals surface area (Å²) >= 11 is 1.53. The average Bonchev–Trinajstić information content (AvgIpc) is 2.80. The zero-order valence-corrected chi connectivity index (χ0v) is 10.9. The second-order valence-corrected chi connectivity index (χ2v) is 4.73. The lowest BCUT2D eigenvalue weighted by atomic mass is 10.3. The number of thiazole rings is 1. The van der Waals surface area contributed by atoms with E-state index >= 15 is 0 Å². The number of nitrogens with zero attached hydrogens (tertiary/aromatic N) is 4. The van der Waals surface area contributed by atoms with Crippen LogP contribution in [0.25, 0.3) is 10.2 Å². The van der Waals surface area contributed by atoms with Crippen molar-refractivity contribution in [3.05, 3.63) is 24.3 Å². The number of para-hydroxylation sites is 1. The maximum atomic E-state index is 5.60. The molecule has 0 bridgehead atoms. The third-order valence-corrected chi connectivity index (χ3v) is 3.34. The molecule has 0 radical (unpaired) electrons. The Labute approximate surface area is 112 Å². The minimum Gasteiger partial charge on any atom is -0.368 e. The topological polar surface area (TPSA) is 102 Å². The molecule has 7 nitrogen and oxygen atoms in total. The molecule has 0 aliphatic carbocycles. The van der Waals surface area contributed by atoms with Gasteiger partial charge < -0.3 is 11.1 Å². The van der Waals surface area contributed by atoms with Crippen LogP contribution in [0, 0.1) is 0 Å². The van der Waals surface area contributed by atoms with Crippen LogP contribution >= 0.6 is 11.3 Å². The van der Waals surface area contributed by atoms with Crippen LogP contribution in [0.15, 0.2) is 24.3 Å². The lowest BCUT2D eigenvalue weighted by molar-refractivity contribution is 1.06. The molecule has 3 aromatic rings. The van der Waals surface area contributed by atoms with E-state index in [0.29, 0.717) is 17.0 Å². The van der Waals surface area contributed by atoms with Gasteiger partial charge in [-0.25, -0.2) is 4.98 Å². The van der Waals surface area contributed by atoms with Gasteiger partial charge in [0.2, 0.25) is 17.8 Å². The van der Waals surface area contributed by atoms with Crippen molar-refractivity contribution < 1.29 is 0 Å². The molecule has 0 aliphatic heterocycles. The highest BCUT2D eigenvalue weighted by atomic mass is 32.1. The number of hydrogen-bond donors (Lipinski definition) is 3. The van der Waals surface area contributed by atoms with Gasteiger partial charge >= 0.3 is 0 Å². The van der Waals surface area contributed by atoms with E-state index in [-0.39, 0.29) is 5.95 Å². The summed E-state index contributed by atoms with van der Waals surface area (Å²) < 4.78 is 1.10. The van der Waals surface area contributed by atoms with Crippen LogP contribution in [0.4, 0.5) is 23.0 Å². The predicted octanol–water partition coefficient (Wildman–Crippen LogP) is 1.85. The molecule has 0 saturated carbocycles. The summed E-state index contributed by atoms with van der Waals surface area (Å²) in [4.78, 5) is 16.5. The van der Waals surface area contributed by atoms with Crippen molar-refractivity contribution in [1.29, 1.82) is 0 Å². The van der Waals surface area contributed by atoms with E-state index in [1.165, 1.54) is 11.3 Å². The number of rotatable bonds is 3. The minimum absolute atomic E-state index is 0.156. The maximum Gasteiger partial charge on any atom is 0.235 e. The zero-order valence-electron chi connectivity index (χ0n) is 10.1. The highest BCUT2D eigenvalue weighted by molar-refractivity contribution is 7.22. The van der Waals surface area contributed by atoms with E-state index in [4.69, 9.17) is 5.73 Å². The van der Waals surface area contributed by atoms with Gasteiger partial charge in [-0.1, -0.05) is 23.5 Å². The van der Waals surface area contributed by atoms with Gasteiger partial charge in [0.05, 0.1) is 10.2 Å². The Hall–Kier alpha value is -2.48. The predicted molar refractivity (Wildman–Crippen MR) is 76.7 cm³/mol. The normalized spacial score (nSPS) is 10.6. The van der Waals surface area contributed by atoms with Gasteiger partial charge in [0, 0.05) is 7.05 Å². The molecule has 0 unspecified atom stereocenters. The molecule has 96 valence electrons. The number of nitrogens with two attached hydrogens (primary N) is 1. The third kappa shape index (κ3) is 2.38. The van der Waals surface area contributed by atoms with E-state index in [0.717, 1.165) is 10.2 Å². The first kappa shape index (κ1) is 11.6. The Kier molecular flexibility index (Phi) is 2.84. The maximum absolute atomic E-state index is 5.60. The van der Waals surface area contributed by atoms with Crippen LogP contribution in [0.3, 0.4) is 0 Å². The highest BCUT2D eigenvalue weighted by Crippen LogP contribution is 2.27. The van der Waals surface area contributed by atoms with Gasteiger partial charge in [0.1, 0.15) is 0 Å². The summed E-state index contributed by atoms with van der Waals surface area (Å²) in [6.45, 7) is 0. The molecule has 0 atom stereocenters.